The van der Waals surface area contributed by atoms with Crippen molar-refractivity contribution in [2.45, 2.75) is 103 Å². The number of alkyl halides is 6. The van der Waals surface area contributed by atoms with E-state index in [2.05, 4.69) is 13.8 Å². The quantitative estimate of drug-likeness (QED) is 0.320. The molecule has 0 bridgehead atoms. The SMILES string of the molecule is C[C@H](/C=C/C(O)(C(F)(F)F)C(F)(F)F)C1CCC2C3CCC4CCCCC4(C)C3CCC21C. The van der Waals surface area contributed by atoms with Crippen molar-refractivity contribution in [3.63, 3.8) is 0 Å². The summed E-state index contributed by atoms with van der Waals surface area (Å²) < 4.78 is 78.6. The van der Waals surface area contributed by atoms with Crippen LogP contribution in [0.2, 0.25) is 0 Å². The Morgan fingerprint density at radius 3 is 2.06 bits per heavy atom. The first-order valence-electron chi connectivity index (χ1n) is 12.7. The third-order valence-electron chi connectivity index (χ3n) is 10.8. The summed E-state index contributed by atoms with van der Waals surface area (Å²) in [5.74, 6) is 2.17. The molecular formula is C26H38F6O. The van der Waals surface area contributed by atoms with Gasteiger partial charge in [-0.15, -0.1) is 0 Å². The third-order valence-corrected chi connectivity index (χ3v) is 10.8. The molecule has 0 aromatic rings. The highest BCUT2D eigenvalue weighted by molar-refractivity contribution is 5.15. The van der Waals surface area contributed by atoms with Crippen LogP contribution in [0.15, 0.2) is 12.2 Å². The molecule has 0 aliphatic heterocycles. The van der Waals surface area contributed by atoms with Crippen LogP contribution < -0.4 is 0 Å². The number of hydrogen-bond donors (Lipinski definition) is 1. The van der Waals surface area contributed by atoms with Crippen LogP contribution in [0.4, 0.5) is 26.3 Å². The molecule has 1 N–H and O–H groups in total. The highest BCUT2D eigenvalue weighted by Crippen LogP contribution is 2.68. The Hall–Kier alpha value is -0.720. The highest BCUT2D eigenvalue weighted by atomic mass is 19.4. The van der Waals surface area contributed by atoms with Gasteiger partial charge in [0, 0.05) is 0 Å². The van der Waals surface area contributed by atoms with E-state index in [0.29, 0.717) is 23.2 Å². The van der Waals surface area contributed by atoms with Gasteiger partial charge in [0.2, 0.25) is 0 Å². The first-order valence-corrected chi connectivity index (χ1v) is 12.7. The van der Waals surface area contributed by atoms with Crippen molar-refractivity contribution in [1.82, 2.24) is 0 Å². The van der Waals surface area contributed by atoms with Crippen molar-refractivity contribution < 1.29 is 31.4 Å². The fourth-order valence-electron chi connectivity index (χ4n) is 8.97. The lowest BCUT2D eigenvalue weighted by Gasteiger charge is -2.60. The van der Waals surface area contributed by atoms with Crippen molar-refractivity contribution in [3.8, 4) is 0 Å². The Morgan fingerprint density at radius 2 is 1.42 bits per heavy atom. The molecule has 190 valence electrons. The third kappa shape index (κ3) is 3.87. The van der Waals surface area contributed by atoms with E-state index < -0.39 is 23.9 Å². The number of rotatable bonds is 3. The van der Waals surface area contributed by atoms with Crippen LogP contribution in [0.1, 0.15) is 85.0 Å². The number of hydrogen-bond acceptors (Lipinski definition) is 1. The molecule has 0 aromatic carbocycles. The van der Waals surface area contributed by atoms with Gasteiger partial charge in [-0.3, -0.25) is 0 Å². The summed E-state index contributed by atoms with van der Waals surface area (Å²) in [6.07, 6.45) is 0.960. The van der Waals surface area contributed by atoms with Gasteiger partial charge in [-0.2, -0.15) is 26.3 Å². The molecule has 1 nitrogen and oxygen atoms in total. The lowest BCUT2D eigenvalue weighted by molar-refractivity contribution is -0.347. The normalized spacial score (nSPS) is 43.2. The van der Waals surface area contributed by atoms with Gasteiger partial charge in [0.15, 0.2) is 0 Å². The van der Waals surface area contributed by atoms with Gasteiger partial charge in [0.25, 0.3) is 5.60 Å². The molecule has 0 spiro atoms. The van der Waals surface area contributed by atoms with E-state index >= 15 is 0 Å². The molecule has 0 amide bonds. The number of fused-ring (bicyclic) bond motifs is 5. The first kappa shape index (κ1) is 25.4. The number of halogens is 6. The molecule has 7 unspecified atom stereocenters. The van der Waals surface area contributed by atoms with Crippen molar-refractivity contribution in [1.29, 1.82) is 0 Å². The Kier molecular flexibility index (Phi) is 6.28. The summed E-state index contributed by atoms with van der Waals surface area (Å²) in [6.45, 7) is 6.43. The summed E-state index contributed by atoms with van der Waals surface area (Å²) >= 11 is 0. The molecule has 4 fully saturated rings. The van der Waals surface area contributed by atoms with Crippen LogP contribution in [0.5, 0.6) is 0 Å². The van der Waals surface area contributed by atoms with Gasteiger partial charge < -0.3 is 5.11 Å². The summed E-state index contributed by atoms with van der Waals surface area (Å²) in [5, 5.41) is 9.53. The number of aliphatic hydroxyl groups is 1. The molecule has 0 saturated heterocycles. The zero-order chi connectivity index (χ0) is 24.4. The predicted octanol–water partition coefficient (Wildman–Crippen LogP) is 8.08. The molecular weight excluding hydrogens is 442 g/mol. The van der Waals surface area contributed by atoms with E-state index in [0.717, 1.165) is 37.7 Å². The minimum Gasteiger partial charge on any atom is -0.370 e. The molecule has 0 aromatic heterocycles. The molecule has 0 heterocycles. The summed E-state index contributed by atoms with van der Waals surface area (Å²) in [4.78, 5) is 0. The first-order chi connectivity index (χ1) is 15.2. The van der Waals surface area contributed by atoms with E-state index in [9.17, 15) is 31.4 Å². The Bertz CT molecular complexity index is 743. The minimum absolute atomic E-state index is 0.0299. The van der Waals surface area contributed by atoms with Crippen LogP contribution in [0.3, 0.4) is 0 Å². The lowest BCUT2D eigenvalue weighted by Crippen LogP contribution is -2.55. The topological polar surface area (TPSA) is 20.2 Å². The predicted molar refractivity (Wildman–Crippen MR) is 115 cm³/mol. The maximum Gasteiger partial charge on any atom is 0.429 e. The van der Waals surface area contributed by atoms with Gasteiger partial charge in [-0.05, 0) is 104 Å². The van der Waals surface area contributed by atoms with Crippen molar-refractivity contribution in [2.75, 3.05) is 0 Å². The van der Waals surface area contributed by atoms with Crippen molar-refractivity contribution in [2.24, 2.45) is 46.3 Å². The van der Waals surface area contributed by atoms with Gasteiger partial charge in [-0.25, -0.2) is 0 Å². The summed E-state index contributed by atoms with van der Waals surface area (Å²) in [5.41, 5.74) is -4.49. The maximum atomic E-state index is 13.1. The average Bonchev–Trinajstić information content (AvgIpc) is 3.07. The fraction of sp³-hybridized carbons (Fsp3) is 0.923. The van der Waals surface area contributed by atoms with Crippen LogP contribution >= 0.6 is 0 Å². The molecule has 8 atom stereocenters. The zero-order valence-corrected chi connectivity index (χ0v) is 19.9. The zero-order valence-electron chi connectivity index (χ0n) is 19.9. The van der Waals surface area contributed by atoms with Gasteiger partial charge in [-0.1, -0.05) is 39.7 Å². The van der Waals surface area contributed by atoms with Gasteiger partial charge >= 0.3 is 12.4 Å². The van der Waals surface area contributed by atoms with E-state index in [1.807, 2.05) is 0 Å². The second kappa shape index (κ2) is 8.16. The largest absolute Gasteiger partial charge is 0.429 e. The number of allylic oxidation sites excluding steroid dienone is 1. The van der Waals surface area contributed by atoms with E-state index in [-0.39, 0.29) is 17.4 Å². The minimum atomic E-state index is -5.81. The average molecular weight is 481 g/mol. The smallest absolute Gasteiger partial charge is 0.370 e. The van der Waals surface area contributed by atoms with E-state index in [1.54, 1.807) is 6.92 Å². The highest BCUT2D eigenvalue weighted by Gasteiger charge is 2.69. The lowest BCUT2D eigenvalue weighted by atomic mass is 9.44. The standard InChI is InChI=1S/C26H38F6O/c1-16(11-15-24(33,25(27,28)29)26(30,31)32)19-9-10-20-18-8-7-17-6-4-5-13-22(17,2)21(18)12-14-23(19,20)3/h11,15-21,33H,4-10,12-14H2,1-3H3/b15-11+/t16-,17?,18?,19?,20?,21?,22?,23?/m1/s1. The molecule has 33 heavy (non-hydrogen) atoms. The fourth-order valence-corrected chi connectivity index (χ4v) is 8.97. The molecule has 4 rings (SSSR count). The second-order valence-electron chi connectivity index (χ2n) is 12.1. The van der Waals surface area contributed by atoms with Crippen LogP contribution in [0, 0.1) is 46.3 Å². The molecule has 0 radical (unpaired) electrons. The Labute approximate surface area is 193 Å². The Balaban J connectivity index is 1.54. The Morgan fingerprint density at radius 1 is 0.788 bits per heavy atom. The monoisotopic (exact) mass is 480 g/mol. The van der Waals surface area contributed by atoms with Crippen LogP contribution in [0.25, 0.3) is 0 Å². The molecule has 4 aliphatic rings. The van der Waals surface area contributed by atoms with Crippen molar-refractivity contribution >= 4 is 0 Å². The van der Waals surface area contributed by atoms with E-state index in [4.69, 9.17) is 0 Å². The molecule has 4 aliphatic carbocycles. The maximum absolute atomic E-state index is 13.1. The molecule has 7 heteroatoms. The van der Waals surface area contributed by atoms with Gasteiger partial charge in [0.1, 0.15) is 0 Å². The summed E-state index contributed by atoms with van der Waals surface area (Å²) in [7, 11) is 0. The molecule has 4 saturated carbocycles. The van der Waals surface area contributed by atoms with Crippen LogP contribution in [-0.4, -0.2) is 23.1 Å². The van der Waals surface area contributed by atoms with Crippen LogP contribution in [-0.2, 0) is 0 Å². The van der Waals surface area contributed by atoms with Crippen molar-refractivity contribution in [3.05, 3.63) is 12.2 Å². The summed E-state index contributed by atoms with van der Waals surface area (Å²) in [6, 6.07) is 0. The van der Waals surface area contributed by atoms with Gasteiger partial charge in [0.05, 0.1) is 0 Å². The van der Waals surface area contributed by atoms with E-state index in [1.165, 1.54) is 38.5 Å². The second-order valence-corrected chi connectivity index (χ2v) is 12.1.